The molecule has 1 aliphatic rings. The molecule has 4 N–H and O–H groups in total. The molecule has 19 heavy (non-hydrogen) atoms. The van der Waals surface area contributed by atoms with Crippen molar-refractivity contribution in [3.05, 3.63) is 35.9 Å². The van der Waals surface area contributed by atoms with Crippen molar-refractivity contribution in [2.24, 2.45) is 11.7 Å². The number of carbonyl (C=O) groups is 1. The highest BCUT2D eigenvalue weighted by Gasteiger charge is 2.18. The Morgan fingerprint density at radius 1 is 1.11 bits per heavy atom. The Balaban J connectivity index is 1.62. The molecule has 0 radical (unpaired) electrons. The fraction of sp³-hybridized carbons (Fsp3) is 0.533. The van der Waals surface area contributed by atoms with E-state index in [1.807, 2.05) is 30.3 Å². The third-order valence-corrected chi connectivity index (χ3v) is 3.74. The van der Waals surface area contributed by atoms with Gasteiger partial charge >= 0.3 is 6.03 Å². The van der Waals surface area contributed by atoms with E-state index in [0.29, 0.717) is 18.5 Å². The van der Waals surface area contributed by atoms with Crippen molar-refractivity contribution in [3.63, 3.8) is 0 Å². The minimum atomic E-state index is -0.0845. The highest BCUT2D eigenvalue weighted by molar-refractivity contribution is 5.73. The molecule has 0 spiro atoms. The SMILES string of the molecule is NC1CCC(CNC(=O)NCc2ccccc2)CC1. The van der Waals surface area contributed by atoms with E-state index in [4.69, 9.17) is 5.73 Å². The predicted octanol–water partition coefficient (Wildman–Crippen LogP) is 2.00. The van der Waals surface area contributed by atoms with Crippen LogP contribution < -0.4 is 16.4 Å². The van der Waals surface area contributed by atoms with Gasteiger partial charge in [-0.3, -0.25) is 0 Å². The van der Waals surface area contributed by atoms with Gasteiger partial charge in [-0.2, -0.15) is 0 Å². The van der Waals surface area contributed by atoms with Crippen LogP contribution in [-0.2, 0) is 6.54 Å². The van der Waals surface area contributed by atoms with Crippen molar-refractivity contribution < 1.29 is 4.79 Å². The average Bonchev–Trinajstić information content (AvgIpc) is 2.45. The molecule has 4 nitrogen and oxygen atoms in total. The van der Waals surface area contributed by atoms with Crippen LogP contribution in [0.1, 0.15) is 31.2 Å². The molecule has 0 aliphatic heterocycles. The molecule has 2 rings (SSSR count). The Hall–Kier alpha value is -1.55. The third-order valence-electron chi connectivity index (χ3n) is 3.74. The second kappa shape index (κ2) is 7.14. The lowest BCUT2D eigenvalue weighted by Crippen LogP contribution is -2.39. The van der Waals surface area contributed by atoms with Crippen molar-refractivity contribution in [1.29, 1.82) is 0 Å². The zero-order valence-electron chi connectivity index (χ0n) is 11.3. The third kappa shape index (κ3) is 4.91. The maximum Gasteiger partial charge on any atom is 0.315 e. The summed E-state index contributed by atoms with van der Waals surface area (Å²) in [5, 5.41) is 5.82. The molecule has 0 unspecified atom stereocenters. The molecular formula is C15H23N3O. The summed E-state index contributed by atoms with van der Waals surface area (Å²) in [4.78, 5) is 11.7. The van der Waals surface area contributed by atoms with E-state index in [2.05, 4.69) is 10.6 Å². The first kappa shape index (κ1) is 13.9. The summed E-state index contributed by atoms with van der Waals surface area (Å²) in [5.74, 6) is 0.585. The van der Waals surface area contributed by atoms with Gasteiger partial charge in [0.2, 0.25) is 0 Å². The standard InChI is InChI=1S/C15H23N3O/c16-14-8-6-13(7-9-14)11-18-15(19)17-10-12-4-2-1-3-5-12/h1-5,13-14H,6-11,16H2,(H2,17,18,19). The zero-order valence-corrected chi connectivity index (χ0v) is 11.3. The van der Waals surface area contributed by atoms with Crippen molar-refractivity contribution in [2.75, 3.05) is 6.54 Å². The van der Waals surface area contributed by atoms with Gasteiger partial charge in [0.25, 0.3) is 0 Å². The van der Waals surface area contributed by atoms with E-state index < -0.39 is 0 Å². The van der Waals surface area contributed by atoms with E-state index in [1.165, 1.54) is 0 Å². The van der Waals surface area contributed by atoms with Crippen LogP contribution in [0.25, 0.3) is 0 Å². The quantitative estimate of drug-likeness (QED) is 0.776. The molecule has 1 fully saturated rings. The summed E-state index contributed by atoms with van der Waals surface area (Å²) in [6.07, 6.45) is 4.41. The fourth-order valence-corrected chi connectivity index (χ4v) is 2.47. The highest BCUT2D eigenvalue weighted by atomic mass is 16.2. The molecule has 104 valence electrons. The van der Waals surface area contributed by atoms with Gasteiger partial charge in [-0.15, -0.1) is 0 Å². The lowest BCUT2D eigenvalue weighted by atomic mass is 9.86. The van der Waals surface area contributed by atoms with Crippen LogP contribution in [0.3, 0.4) is 0 Å². The van der Waals surface area contributed by atoms with Crippen molar-refractivity contribution in [2.45, 2.75) is 38.3 Å². The predicted molar refractivity (Wildman–Crippen MR) is 76.6 cm³/mol. The number of urea groups is 1. The van der Waals surface area contributed by atoms with Gasteiger partial charge in [0.05, 0.1) is 0 Å². The lowest BCUT2D eigenvalue weighted by Gasteiger charge is -2.26. The van der Waals surface area contributed by atoms with Gasteiger partial charge in [0.1, 0.15) is 0 Å². The molecule has 1 aromatic carbocycles. The number of carbonyl (C=O) groups excluding carboxylic acids is 1. The summed E-state index contributed by atoms with van der Waals surface area (Å²) in [5.41, 5.74) is 6.98. The van der Waals surface area contributed by atoms with Crippen LogP contribution in [0, 0.1) is 5.92 Å². The normalized spacial score (nSPS) is 22.8. The molecule has 1 aromatic rings. The number of nitrogens with one attached hydrogen (secondary N) is 2. The molecule has 1 aliphatic carbocycles. The van der Waals surface area contributed by atoms with Crippen LogP contribution in [0.2, 0.25) is 0 Å². The minimum absolute atomic E-state index is 0.0845. The van der Waals surface area contributed by atoms with Crippen molar-refractivity contribution in [3.8, 4) is 0 Å². The molecular weight excluding hydrogens is 238 g/mol. The van der Waals surface area contributed by atoms with Gasteiger partial charge in [-0.05, 0) is 37.2 Å². The number of hydrogen-bond acceptors (Lipinski definition) is 2. The minimum Gasteiger partial charge on any atom is -0.338 e. The van der Waals surface area contributed by atoms with Gasteiger partial charge in [-0.1, -0.05) is 30.3 Å². The molecule has 2 amide bonds. The molecule has 4 heteroatoms. The van der Waals surface area contributed by atoms with Crippen LogP contribution in [0.5, 0.6) is 0 Å². The number of benzene rings is 1. The average molecular weight is 261 g/mol. The fourth-order valence-electron chi connectivity index (χ4n) is 2.47. The summed E-state index contributed by atoms with van der Waals surface area (Å²) in [7, 11) is 0. The summed E-state index contributed by atoms with van der Waals surface area (Å²) >= 11 is 0. The molecule has 0 aromatic heterocycles. The van der Waals surface area contributed by atoms with E-state index in [1.54, 1.807) is 0 Å². The second-order valence-corrected chi connectivity index (χ2v) is 5.33. The van der Waals surface area contributed by atoms with Crippen LogP contribution >= 0.6 is 0 Å². The Bertz CT molecular complexity index is 386. The van der Waals surface area contributed by atoms with Crippen molar-refractivity contribution >= 4 is 6.03 Å². The molecule has 0 atom stereocenters. The van der Waals surface area contributed by atoms with Gasteiger partial charge in [0.15, 0.2) is 0 Å². The first-order chi connectivity index (χ1) is 9.24. The molecule has 0 saturated heterocycles. The Kier molecular flexibility index (Phi) is 5.21. The summed E-state index contributed by atoms with van der Waals surface area (Å²) in [6, 6.07) is 10.2. The molecule has 1 saturated carbocycles. The topological polar surface area (TPSA) is 67.1 Å². The van der Waals surface area contributed by atoms with Crippen LogP contribution in [0.15, 0.2) is 30.3 Å². The molecule has 0 heterocycles. The van der Waals surface area contributed by atoms with E-state index in [9.17, 15) is 4.79 Å². The number of hydrogen-bond donors (Lipinski definition) is 3. The van der Waals surface area contributed by atoms with Gasteiger partial charge < -0.3 is 16.4 Å². The van der Waals surface area contributed by atoms with Crippen LogP contribution in [-0.4, -0.2) is 18.6 Å². The first-order valence-corrected chi connectivity index (χ1v) is 7.05. The van der Waals surface area contributed by atoms with Gasteiger partial charge in [0, 0.05) is 19.1 Å². The number of nitrogens with two attached hydrogens (primary N) is 1. The van der Waals surface area contributed by atoms with Crippen molar-refractivity contribution in [1.82, 2.24) is 10.6 Å². The number of rotatable bonds is 4. The van der Waals surface area contributed by atoms with Crippen LogP contribution in [0.4, 0.5) is 4.79 Å². The maximum atomic E-state index is 11.7. The Morgan fingerprint density at radius 3 is 2.47 bits per heavy atom. The maximum absolute atomic E-state index is 11.7. The monoisotopic (exact) mass is 261 g/mol. The van der Waals surface area contributed by atoms with E-state index >= 15 is 0 Å². The van der Waals surface area contributed by atoms with E-state index in [-0.39, 0.29) is 6.03 Å². The first-order valence-electron chi connectivity index (χ1n) is 7.05. The highest BCUT2D eigenvalue weighted by Crippen LogP contribution is 2.22. The zero-order chi connectivity index (χ0) is 13.5. The lowest BCUT2D eigenvalue weighted by molar-refractivity contribution is 0.235. The Morgan fingerprint density at radius 2 is 1.79 bits per heavy atom. The summed E-state index contributed by atoms with van der Waals surface area (Å²) < 4.78 is 0. The van der Waals surface area contributed by atoms with E-state index in [0.717, 1.165) is 37.8 Å². The smallest absolute Gasteiger partial charge is 0.315 e. The summed E-state index contributed by atoms with van der Waals surface area (Å²) in [6.45, 7) is 1.33. The Labute approximate surface area is 114 Å². The van der Waals surface area contributed by atoms with Gasteiger partial charge in [-0.25, -0.2) is 4.79 Å². The number of amides is 2. The molecule has 0 bridgehead atoms. The largest absolute Gasteiger partial charge is 0.338 e. The second-order valence-electron chi connectivity index (χ2n) is 5.33.